The number of nitrogens with zero attached hydrogens (tertiary/aromatic N) is 2. The van der Waals surface area contributed by atoms with Crippen LogP contribution in [0.15, 0.2) is 24.3 Å². The van der Waals surface area contributed by atoms with Crippen molar-refractivity contribution in [1.29, 1.82) is 0 Å². The van der Waals surface area contributed by atoms with Crippen LogP contribution in [0.25, 0.3) is 0 Å². The first kappa shape index (κ1) is 13.3. The lowest BCUT2D eigenvalue weighted by Gasteiger charge is -2.38. The van der Waals surface area contributed by atoms with Crippen LogP contribution < -0.4 is 4.90 Å². The van der Waals surface area contributed by atoms with Crippen molar-refractivity contribution in [1.82, 2.24) is 4.90 Å². The number of piperazine rings is 1. The minimum absolute atomic E-state index is 0.195. The van der Waals surface area contributed by atoms with Gasteiger partial charge in [0.1, 0.15) is 5.82 Å². The van der Waals surface area contributed by atoms with Gasteiger partial charge in [-0.2, -0.15) is 0 Å². The van der Waals surface area contributed by atoms with E-state index in [0.717, 1.165) is 31.9 Å². The quantitative estimate of drug-likeness (QED) is 0.887. The molecular formula is C14H21FN2O. The lowest BCUT2D eigenvalue weighted by atomic mass is 10.1. The number of benzene rings is 1. The van der Waals surface area contributed by atoms with Crippen molar-refractivity contribution < 1.29 is 9.50 Å². The minimum atomic E-state index is -0.641. The molecule has 0 aliphatic carbocycles. The van der Waals surface area contributed by atoms with E-state index in [4.69, 9.17) is 0 Å². The molecule has 1 aliphatic rings. The molecule has 2 rings (SSSR count). The Morgan fingerprint density at radius 1 is 1.11 bits per heavy atom. The molecule has 0 spiro atoms. The Morgan fingerprint density at radius 2 is 1.67 bits per heavy atom. The van der Waals surface area contributed by atoms with Crippen LogP contribution in [0.1, 0.15) is 13.8 Å². The molecule has 0 aromatic heterocycles. The van der Waals surface area contributed by atoms with Crippen molar-refractivity contribution in [2.75, 3.05) is 37.6 Å². The molecule has 0 unspecified atom stereocenters. The van der Waals surface area contributed by atoms with Gasteiger partial charge in [0.15, 0.2) is 0 Å². The minimum Gasteiger partial charge on any atom is -0.389 e. The zero-order valence-corrected chi connectivity index (χ0v) is 11.1. The van der Waals surface area contributed by atoms with Crippen LogP contribution in [0.2, 0.25) is 0 Å². The van der Waals surface area contributed by atoms with Crippen molar-refractivity contribution in [2.24, 2.45) is 0 Å². The van der Waals surface area contributed by atoms with Crippen LogP contribution in [0.3, 0.4) is 0 Å². The van der Waals surface area contributed by atoms with Crippen molar-refractivity contribution in [3.63, 3.8) is 0 Å². The molecule has 3 nitrogen and oxygen atoms in total. The fourth-order valence-electron chi connectivity index (χ4n) is 2.36. The number of halogens is 1. The molecule has 100 valence electrons. The fourth-order valence-corrected chi connectivity index (χ4v) is 2.36. The summed E-state index contributed by atoms with van der Waals surface area (Å²) in [5, 5.41) is 9.79. The zero-order valence-electron chi connectivity index (χ0n) is 11.1. The predicted octanol–water partition coefficient (Wildman–Crippen LogP) is 1.72. The normalized spacial score (nSPS) is 18.1. The third kappa shape index (κ3) is 3.68. The Kier molecular flexibility index (Phi) is 3.88. The van der Waals surface area contributed by atoms with Crippen LogP contribution >= 0.6 is 0 Å². The number of rotatable bonds is 3. The van der Waals surface area contributed by atoms with Crippen molar-refractivity contribution in [3.05, 3.63) is 30.1 Å². The highest BCUT2D eigenvalue weighted by Crippen LogP contribution is 2.17. The van der Waals surface area contributed by atoms with E-state index in [1.807, 2.05) is 26.0 Å². The summed E-state index contributed by atoms with van der Waals surface area (Å²) in [7, 11) is 0. The number of hydrogen-bond donors (Lipinski definition) is 1. The average molecular weight is 252 g/mol. The second kappa shape index (κ2) is 5.24. The Balaban J connectivity index is 1.88. The second-order valence-corrected chi connectivity index (χ2v) is 5.55. The van der Waals surface area contributed by atoms with E-state index in [9.17, 15) is 9.50 Å². The van der Waals surface area contributed by atoms with E-state index >= 15 is 0 Å². The van der Waals surface area contributed by atoms with Crippen molar-refractivity contribution in [2.45, 2.75) is 19.4 Å². The van der Waals surface area contributed by atoms with Gasteiger partial charge < -0.3 is 10.0 Å². The molecule has 4 heteroatoms. The first-order valence-corrected chi connectivity index (χ1v) is 6.39. The van der Waals surface area contributed by atoms with Crippen LogP contribution in [0.4, 0.5) is 10.1 Å². The molecule has 0 bridgehead atoms. The first-order chi connectivity index (χ1) is 8.44. The summed E-state index contributed by atoms with van der Waals surface area (Å²) in [4.78, 5) is 4.51. The lowest BCUT2D eigenvalue weighted by molar-refractivity contribution is 0.0345. The molecule has 1 fully saturated rings. The van der Waals surface area contributed by atoms with Crippen LogP contribution in [0.5, 0.6) is 0 Å². The summed E-state index contributed by atoms with van der Waals surface area (Å²) in [6.07, 6.45) is 0. The highest BCUT2D eigenvalue weighted by molar-refractivity contribution is 5.46. The highest BCUT2D eigenvalue weighted by Gasteiger charge is 2.22. The average Bonchev–Trinajstić information content (AvgIpc) is 2.29. The molecule has 1 saturated heterocycles. The Morgan fingerprint density at radius 3 is 2.17 bits per heavy atom. The summed E-state index contributed by atoms with van der Waals surface area (Å²) in [5.74, 6) is -0.195. The summed E-state index contributed by atoms with van der Waals surface area (Å²) in [6.45, 7) is 8.06. The van der Waals surface area contributed by atoms with Gasteiger partial charge >= 0.3 is 0 Å². The monoisotopic (exact) mass is 252 g/mol. The summed E-state index contributed by atoms with van der Waals surface area (Å²) >= 11 is 0. The molecule has 1 aliphatic heterocycles. The van der Waals surface area contributed by atoms with Crippen LogP contribution in [-0.2, 0) is 0 Å². The maximum atomic E-state index is 12.8. The lowest BCUT2D eigenvalue weighted by Crippen LogP contribution is -2.50. The Bertz CT molecular complexity index is 378. The largest absolute Gasteiger partial charge is 0.389 e. The summed E-state index contributed by atoms with van der Waals surface area (Å²) in [6, 6.07) is 6.64. The molecule has 0 saturated carbocycles. The van der Waals surface area contributed by atoms with Gasteiger partial charge in [-0.05, 0) is 38.1 Å². The molecule has 0 amide bonds. The highest BCUT2D eigenvalue weighted by atomic mass is 19.1. The molecule has 1 aromatic carbocycles. The van der Waals surface area contributed by atoms with Gasteiger partial charge in [-0.1, -0.05) is 0 Å². The van der Waals surface area contributed by atoms with Gasteiger partial charge in [-0.15, -0.1) is 0 Å². The van der Waals surface area contributed by atoms with Gasteiger partial charge in [0.25, 0.3) is 0 Å². The third-order valence-electron chi connectivity index (χ3n) is 3.17. The van der Waals surface area contributed by atoms with E-state index in [0.29, 0.717) is 6.54 Å². The third-order valence-corrected chi connectivity index (χ3v) is 3.17. The van der Waals surface area contributed by atoms with Crippen molar-refractivity contribution in [3.8, 4) is 0 Å². The van der Waals surface area contributed by atoms with E-state index < -0.39 is 5.60 Å². The smallest absolute Gasteiger partial charge is 0.123 e. The summed E-state index contributed by atoms with van der Waals surface area (Å²) in [5.41, 5.74) is 0.428. The van der Waals surface area contributed by atoms with Crippen LogP contribution in [0, 0.1) is 5.82 Å². The molecule has 0 atom stereocenters. The second-order valence-electron chi connectivity index (χ2n) is 5.55. The van der Waals surface area contributed by atoms with Gasteiger partial charge in [0.05, 0.1) is 5.60 Å². The fraction of sp³-hybridized carbons (Fsp3) is 0.571. The zero-order chi connectivity index (χ0) is 13.2. The van der Waals surface area contributed by atoms with Crippen LogP contribution in [-0.4, -0.2) is 48.3 Å². The van der Waals surface area contributed by atoms with Gasteiger partial charge in [0, 0.05) is 38.4 Å². The van der Waals surface area contributed by atoms with Gasteiger partial charge in [0.2, 0.25) is 0 Å². The molecule has 1 heterocycles. The summed E-state index contributed by atoms with van der Waals surface area (Å²) < 4.78 is 12.8. The topological polar surface area (TPSA) is 26.7 Å². The van der Waals surface area contributed by atoms with E-state index in [-0.39, 0.29) is 5.82 Å². The maximum absolute atomic E-state index is 12.8. The molecule has 0 radical (unpaired) electrons. The van der Waals surface area contributed by atoms with E-state index in [2.05, 4.69) is 9.80 Å². The van der Waals surface area contributed by atoms with Crippen molar-refractivity contribution >= 4 is 5.69 Å². The first-order valence-electron chi connectivity index (χ1n) is 6.39. The number of hydrogen-bond acceptors (Lipinski definition) is 3. The van der Waals surface area contributed by atoms with E-state index in [1.165, 1.54) is 12.1 Å². The van der Waals surface area contributed by atoms with Gasteiger partial charge in [-0.25, -0.2) is 4.39 Å². The Hall–Kier alpha value is -1.13. The standard InChI is InChI=1S/C14H21FN2O/c1-14(2,18)11-16-7-9-17(10-8-16)13-5-3-12(15)4-6-13/h3-6,18H,7-11H2,1-2H3. The SMILES string of the molecule is CC(C)(O)CN1CCN(c2ccc(F)cc2)CC1. The van der Waals surface area contributed by atoms with Gasteiger partial charge in [-0.3, -0.25) is 4.90 Å². The predicted molar refractivity (Wildman–Crippen MR) is 71.4 cm³/mol. The number of anilines is 1. The molecule has 1 aromatic rings. The Labute approximate surface area is 108 Å². The molecule has 18 heavy (non-hydrogen) atoms. The van der Waals surface area contributed by atoms with E-state index in [1.54, 1.807) is 0 Å². The molecule has 1 N–H and O–H groups in total. The number of β-amino-alcohol motifs (C(OH)–C–C–N with tert-alkyl or cyclic N) is 1. The number of aliphatic hydroxyl groups is 1. The maximum Gasteiger partial charge on any atom is 0.123 e. The molecular weight excluding hydrogens is 231 g/mol.